The number of rotatable bonds is 4. The second-order valence-electron chi connectivity index (χ2n) is 5.05. The molecule has 21 heavy (non-hydrogen) atoms. The van der Waals surface area contributed by atoms with Crippen molar-refractivity contribution in [1.29, 1.82) is 0 Å². The molecule has 1 aromatic carbocycles. The molecular formula is C14H19NO5S. The van der Waals surface area contributed by atoms with Crippen molar-refractivity contribution in [2.45, 2.75) is 25.6 Å². The molecule has 2 rings (SSSR count). The molecule has 0 spiro atoms. The van der Waals surface area contributed by atoms with Gasteiger partial charge in [0.2, 0.25) is 0 Å². The maximum Gasteiger partial charge on any atom is 0.410 e. The van der Waals surface area contributed by atoms with Crippen molar-refractivity contribution in [1.82, 2.24) is 4.90 Å². The second kappa shape index (κ2) is 6.91. The minimum atomic E-state index is -3.51. The molecule has 0 saturated carbocycles. The van der Waals surface area contributed by atoms with Gasteiger partial charge in [-0.2, -0.15) is 8.42 Å². The molecule has 1 amide bonds. The summed E-state index contributed by atoms with van der Waals surface area (Å²) >= 11 is 0. The fourth-order valence-corrected chi connectivity index (χ4v) is 2.89. The quantitative estimate of drug-likeness (QED) is 0.792. The van der Waals surface area contributed by atoms with Gasteiger partial charge >= 0.3 is 6.09 Å². The summed E-state index contributed by atoms with van der Waals surface area (Å²) in [5.74, 6) is 0. The average molecular weight is 313 g/mol. The van der Waals surface area contributed by atoms with Gasteiger partial charge in [-0.25, -0.2) is 4.79 Å². The Morgan fingerprint density at radius 1 is 1.33 bits per heavy atom. The molecular weight excluding hydrogens is 294 g/mol. The first kappa shape index (κ1) is 15.8. The molecule has 7 heteroatoms. The summed E-state index contributed by atoms with van der Waals surface area (Å²) in [7, 11) is -3.51. The molecule has 0 aliphatic carbocycles. The van der Waals surface area contributed by atoms with E-state index < -0.39 is 22.3 Å². The topological polar surface area (TPSA) is 72.9 Å². The number of hydrogen-bond acceptors (Lipinski definition) is 5. The fraction of sp³-hybridized carbons (Fsp3) is 0.500. The Morgan fingerprint density at radius 2 is 2.05 bits per heavy atom. The van der Waals surface area contributed by atoms with Gasteiger partial charge in [0.15, 0.2) is 0 Å². The summed E-state index contributed by atoms with van der Waals surface area (Å²) in [4.78, 5) is 13.5. The van der Waals surface area contributed by atoms with Crippen LogP contribution in [0.4, 0.5) is 4.79 Å². The number of hydrogen-bond donors (Lipinski definition) is 0. The first-order chi connectivity index (χ1) is 9.94. The molecule has 1 aliphatic heterocycles. The van der Waals surface area contributed by atoms with Crippen molar-refractivity contribution < 1.29 is 22.1 Å². The van der Waals surface area contributed by atoms with Gasteiger partial charge in [-0.15, -0.1) is 0 Å². The molecule has 1 atom stereocenters. The van der Waals surface area contributed by atoms with Crippen LogP contribution >= 0.6 is 0 Å². The molecule has 1 fully saturated rings. The van der Waals surface area contributed by atoms with Crippen LogP contribution in [0.15, 0.2) is 30.3 Å². The maximum atomic E-state index is 12.0. The number of carbonyl (C=O) groups excluding carboxylic acids is 1. The van der Waals surface area contributed by atoms with Crippen LogP contribution in [0.3, 0.4) is 0 Å². The Labute approximate surface area is 124 Å². The lowest BCUT2D eigenvalue weighted by atomic mass is 10.1. The Balaban J connectivity index is 1.84. The van der Waals surface area contributed by atoms with Gasteiger partial charge in [0.1, 0.15) is 6.61 Å². The SMILES string of the molecule is CS(=O)(=O)O[C@H]1CCCN(C(=O)OCc2ccccc2)C1. The summed E-state index contributed by atoms with van der Waals surface area (Å²) in [6.07, 6.45) is 1.40. The summed E-state index contributed by atoms with van der Waals surface area (Å²) in [5.41, 5.74) is 0.909. The summed E-state index contributed by atoms with van der Waals surface area (Å²) < 4.78 is 32.4. The number of benzene rings is 1. The first-order valence-corrected chi connectivity index (χ1v) is 8.59. The zero-order valence-electron chi connectivity index (χ0n) is 11.9. The van der Waals surface area contributed by atoms with Crippen LogP contribution in [-0.4, -0.2) is 44.9 Å². The number of amides is 1. The van der Waals surface area contributed by atoms with E-state index in [1.54, 1.807) is 0 Å². The predicted octanol–water partition coefficient (Wildman–Crippen LogP) is 1.76. The van der Waals surface area contributed by atoms with E-state index in [9.17, 15) is 13.2 Å². The third-order valence-electron chi connectivity index (χ3n) is 3.15. The predicted molar refractivity (Wildman–Crippen MR) is 77.2 cm³/mol. The van der Waals surface area contributed by atoms with Crippen LogP contribution in [0, 0.1) is 0 Å². The van der Waals surface area contributed by atoms with Crippen LogP contribution in [0.1, 0.15) is 18.4 Å². The fourth-order valence-electron chi connectivity index (χ4n) is 2.24. The highest BCUT2D eigenvalue weighted by Gasteiger charge is 2.27. The smallest absolute Gasteiger partial charge is 0.410 e. The molecule has 0 aromatic heterocycles. The Hall–Kier alpha value is -1.60. The van der Waals surface area contributed by atoms with E-state index in [1.807, 2.05) is 30.3 Å². The Morgan fingerprint density at radius 3 is 2.71 bits per heavy atom. The van der Waals surface area contributed by atoms with Gasteiger partial charge in [-0.1, -0.05) is 30.3 Å². The van der Waals surface area contributed by atoms with Crippen molar-refractivity contribution in [3.63, 3.8) is 0 Å². The van der Waals surface area contributed by atoms with E-state index >= 15 is 0 Å². The normalized spacial score (nSPS) is 19.3. The van der Waals surface area contributed by atoms with E-state index in [-0.39, 0.29) is 13.2 Å². The van der Waals surface area contributed by atoms with Crippen molar-refractivity contribution >= 4 is 16.2 Å². The number of ether oxygens (including phenoxy) is 1. The highest BCUT2D eigenvalue weighted by molar-refractivity contribution is 7.86. The average Bonchev–Trinajstić information content (AvgIpc) is 2.44. The standard InChI is InChI=1S/C14H19NO5S/c1-21(17,18)20-13-8-5-9-15(10-13)14(16)19-11-12-6-3-2-4-7-12/h2-4,6-7,13H,5,8-11H2,1H3/t13-/m0/s1. The monoisotopic (exact) mass is 313 g/mol. The first-order valence-electron chi connectivity index (χ1n) is 6.78. The number of nitrogens with zero attached hydrogens (tertiary/aromatic N) is 1. The lowest BCUT2D eigenvalue weighted by Crippen LogP contribution is -2.44. The molecule has 116 valence electrons. The van der Waals surface area contributed by atoms with Crippen molar-refractivity contribution in [3.8, 4) is 0 Å². The summed E-state index contributed by atoms with van der Waals surface area (Å²) in [6, 6.07) is 9.39. The highest BCUT2D eigenvalue weighted by atomic mass is 32.2. The number of likely N-dealkylation sites (tertiary alicyclic amines) is 1. The molecule has 0 bridgehead atoms. The molecule has 0 unspecified atom stereocenters. The van der Waals surface area contributed by atoms with Gasteiger partial charge < -0.3 is 9.64 Å². The summed E-state index contributed by atoms with van der Waals surface area (Å²) in [5, 5.41) is 0. The molecule has 6 nitrogen and oxygen atoms in total. The third kappa shape index (κ3) is 5.35. The number of piperidine rings is 1. The Kier molecular flexibility index (Phi) is 5.19. The van der Waals surface area contributed by atoms with Crippen LogP contribution in [0.25, 0.3) is 0 Å². The minimum Gasteiger partial charge on any atom is -0.445 e. The van der Waals surface area contributed by atoms with Gasteiger partial charge in [0, 0.05) is 6.54 Å². The maximum absolute atomic E-state index is 12.0. The third-order valence-corrected chi connectivity index (χ3v) is 3.77. The van der Waals surface area contributed by atoms with E-state index in [0.717, 1.165) is 11.8 Å². The highest BCUT2D eigenvalue weighted by Crippen LogP contribution is 2.16. The van der Waals surface area contributed by atoms with Crippen molar-refractivity contribution in [3.05, 3.63) is 35.9 Å². The molecule has 0 N–H and O–H groups in total. The second-order valence-corrected chi connectivity index (χ2v) is 6.65. The lowest BCUT2D eigenvalue weighted by Gasteiger charge is -2.31. The van der Waals surface area contributed by atoms with Crippen molar-refractivity contribution in [2.24, 2.45) is 0 Å². The minimum absolute atomic E-state index is 0.202. The number of carbonyl (C=O) groups is 1. The molecule has 1 saturated heterocycles. The summed E-state index contributed by atoms with van der Waals surface area (Å²) in [6.45, 7) is 0.992. The van der Waals surface area contributed by atoms with Crippen molar-refractivity contribution in [2.75, 3.05) is 19.3 Å². The largest absolute Gasteiger partial charge is 0.445 e. The van der Waals surface area contributed by atoms with E-state index in [0.29, 0.717) is 19.4 Å². The molecule has 0 radical (unpaired) electrons. The zero-order valence-corrected chi connectivity index (χ0v) is 12.7. The van der Waals surface area contributed by atoms with Gasteiger partial charge in [0.25, 0.3) is 10.1 Å². The van der Waals surface area contributed by atoms with E-state index in [1.165, 1.54) is 4.90 Å². The van der Waals surface area contributed by atoms with Gasteiger partial charge in [-0.3, -0.25) is 4.18 Å². The lowest BCUT2D eigenvalue weighted by molar-refractivity contribution is 0.0574. The molecule has 1 aliphatic rings. The van der Waals surface area contributed by atoms with E-state index in [4.69, 9.17) is 8.92 Å². The zero-order chi connectivity index (χ0) is 15.3. The molecule has 1 heterocycles. The van der Waals surface area contributed by atoms with Crippen LogP contribution in [0.5, 0.6) is 0 Å². The van der Waals surface area contributed by atoms with Crippen LogP contribution in [0.2, 0.25) is 0 Å². The van der Waals surface area contributed by atoms with Crippen LogP contribution < -0.4 is 0 Å². The Bertz CT molecular complexity index is 572. The van der Waals surface area contributed by atoms with E-state index in [2.05, 4.69) is 0 Å². The van der Waals surface area contributed by atoms with Gasteiger partial charge in [-0.05, 0) is 18.4 Å². The van der Waals surface area contributed by atoms with Crippen LogP contribution in [-0.2, 0) is 25.6 Å². The molecule has 1 aromatic rings. The van der Waals surface area contributed by atoms with Gasteiger partial charge in [0.05, 0.1) is 18.9 Å².